The predicted molar refractivity (Wildman–Crippen MR) is 79.7 cm³/mol. The molecule has 0 aliphatic heterocycles. The average Bonchev–Trinajstić information content (AvgIpc) is 2.76. The Balaban J connectivity index is 2.29. The molecule has 0 aliphatic rings. The number of carbonyl (C=O) groups excluding carboxylic acids is 1. The number of nitrogens with zero attached hydrogens (tertiary/aromatic N) is 1. The molecule has 5 nitrogen and oxygen atoms in total. The average molecular weight is 289 g/mol. The van der Waals surface area contributed by atoms with Crippen molar-refractivity contribution in [3.63, 3.8) is 0 Å². The fraction of sp³-hybridized carbons (Fsp3) is 0.375. The lowest BCUT2D eigenvalue weighted by Crippen LogP contribution is -2.20. The molecular formula is C16H19NO4. The van der Waals surface area contributed by atoms with Gasteiger partial charge < -0.3 is 9.84 Å². The highest BCUT2D eigenvalue weighted by Crippen LogP contribution is 2.21. The number of para-hydroxylation sites is 1. The Labute approximate surface area is 123 Å². The van der Waals surface area contributed by atoms with Crippen LogP contribution in [-0.2, 0) is 4.74 Å². The minimum absolute atomic E-state index is 0.0503. The highest BCUT2D eigenvalue weighted by Gasteiger charge is 2.21. The molecule has 1 N–H and O–H groups in total. The van der Waals surface area contributed by atoms with Gasteiger partial charge in [-0.2, -0.15) is 0 Å². The number of rotatable bonds is 3. The number of hydrogen-bond donors (Lipinski definition) is 1. The topological polar surface area (TPSA) is 68.5 Å². The first kappa shape index (κ1) is 15.1. The van der Waals surface area contributed by atoms with E-state index in [2.05, 4.69) is 20.8 Å². The van der Waals surface area contributed by atoms with Gasteiger partial charge in [-0.3, -0.25) is 0 Å². The first-order chi connectivity index (χ1) is 9.79. The number of aromatic carboxylic acids is 1. The molecule has 0 amide bonds. The highest BCUT2D eigenvalue weighted by atomic mass is 16.5. The molecule has 2 rings (SSSR count). The second kappa shape index (κ2) is 5.60. The van der Waals surface area contributed by atoms with Crippen LogP contribution < -0.4 is 0 Å². The molecule has 0 fully saturated rings. The Bertz CT molecular complexity index is 679. The van der Waals surface area contributed by atoms with E-state index in [4.69, 9.17) is 4.74 Å². The SMILES string of the molecule is CC(C)(C)CCOC(=O)n1c(C(=O)O)cc2ccccc21. The van der Waals surface area contributed by atoms with E-state index in [0.717, 1.165) is 4.57 Å². The summed E-state index contributed by atoms with van der Waals surface area (Å²) in [6, 6.07) is 8.49. The van der Waals surface area contributed by atoms with Crippen molar-refractivity contribution < 1.29 is 19.4 Å². The van der Waals surface area contributed by atoms with Crippen molar-refractivity contribution in [3.8, 4) is 0 Å². The van der Waals surface area contributed by atoms with Gasteiger partial charge in [0.1, 0.15) is 5.69 Å². The van der Waals surface area contributed by atoms with Crippen molar-refractivity contribution in [3.05, 3.63) is 36.0 Å². The number of fused-ring (bicyclic) bond motifs is 1. The molecule has 112 valence electrons. The van der Waals surface area contributed by atoms with Crippen molar-refractivity contribution in [1.29, 1.82) is 0 Å². The van der Waals surface area contributed by atoms with Gasteiger partial charge in [0.2, 0.25) is 0 Å². The summed E-state index contributed by atoms with van der Waals surface area (Å²) in [5.41, 5.74) is 0.502. The lowest BCUT2D eigenvalue weighted by Gasteiger charge is -2.17. The summed E-state index contributed by atoms with van der Waals surface area (Å²) < 4.78 is 6.33. The Morgan fingerprint density at radius 3 is 2.52 bits per heavy atom. The van der Waals surface area contributed by atoms with E-state index >= 15 is 0 Å². The number of benzene rings is 1. The zero-order chi connectivity index (χ0) is 15.6. The number of carbonyl (C=O) groups is 2. The molecule has 0 saturated heterocycles. The van der Waals surface area contributed by atoms with Crippen LogP contribution in [0, 0.1) is 5.41 Å². The van der Waals surface area contributed by atoms with E-state index in [-0.39, 0.29) is 17.7 Å². The van der Waals surface area contributed by atoms with Crippen LogP contribution in [-0.4, -0.2) is 28.3 Å². The molecule has 0 atom stereocenters. The van der Waals surface area contributed by atoms with E-state index in [9.17, 15) is 14.7 Å². The lowest BCUT2D eigenvalue weighted by molar-refractivity contribution is 0.0680. The summed E-state index contributed by atoms with van der Waals surface area (Å²) in [5, 5.41) is 9.94. The van der Waals surface area contributed by atoms with Gasteiger partial charge in [-0.05, 0) is 24.0 Å². The monoisotopic (exact) mass is 289 g/mol. The Morgan fingerprint density at radius 2 is 1.90 bits per heavy atom. The van der Waals surface area contributed by atoms with Gasteiger partial charge in [-0.25, -0.2) is 14.2 Å². The van der Waals surface area contributed by atoms with Crippen LogP contribution in [0.15, 0.2) is 30.3 Å². The number of carboxylic acids is 1. The number of hydrogen-bond acceptors (Lipinski definition) is 3. The molecule has 0 aliphatic carbocycles. The van der Waals surface area contributed by atoms with Crippen LogP contribution in [0.3, 0.4) is 0 Å². The summed E-state index contributed by atoms with van der Waals surface area (Å²) in [4.78, 5) is 23.5. The molecule has 1 aromatic carbocycles. The minimum atomic E-state index is -1.15. The normalized spacial score (nSPS) is 11.6. The summed E-state index contributed by atoms with van der Waals surface area (Å²) in [6.45, 7) is 6.41. The van der Waals surface area contributed by atoms with Crippen LogP contribution in [0.2, 0.25) is 0 Å². The molecule has 0 spiro atoms. The summed E-state index contributed by atoms with van der Waals surface area (Å²) in [6.07, 6.45) is 0.0539. The van der Waals surface area contributed by atoms with Crippen molar-refractivity contribution >= 4 is 23.0 Å². The summed E-state index contributed by atoms with van der Waals surface area (Å²) >= 11 is 0. The van der Waals surface area contributed by atoms with Gasteiger partial charge in [-0.15, -0.1) is 0 Å². The lowest BCUT2D eigenvalue weighted by atomic mass is 9.93. The van der Waals surface area contributed by atoms with E-state index in [1.165, 1.54) is 6.07 Å². The second-order valence-electron chi connectivity index (χ2n) is 6.15. The van der Waals surface area contributed by atoms with Gasteiger partial charge in [0.15, 0.2) is 0 Å². The van der Waals surface area contributed by atoms with Crippen LogP contribution >= 0.6 is 0 Å². The quantitative estimate of drug-likeness (QED) is 0.934. The number of aromatic nitrogens is 1. The maximum atomic E-state index is 12.2. The standard InChI is InChI=1S/C16H19NO4/c1-16(2,3)8-9-21-15(20)17-12-7-5-4-6-11(12)10-13(17)14(18)19/h4-7,10H,8-9H2,1-3H3,(H,18,19). The zero-order valence-electron chi connectivity index (χ0n) is 12.4. The van der Waals surface area contributed by atoms with E-state index in [1.807, 2.05) is 0 Å². The smallest absolute Gasteiger partial charge is 0.419 e. The van der Waals surface area contributed by atoms with E-state index in [0.29, 0.717) is 17.3 Å². The first-order valence-corrected chi connectivity index (χ1v) is 6.80. The van der Waals surface area contributed by atoms with Gasteiger partial charge in [0, 0.05) is 5.39 Å². The Morgan fingerprint density at radius 1 is 1.24 bits per heavy atom. The molecule has 2 aromatic rings. The molecule has 0 radical (unpaired) electrons. The number of ether oxygens (including phenoxy) is 1. The summed E-state index contributed by atoms with van der Waals surface area (Å²) in [5.74, 6) is -1.15. The van der Waals surface area contributed by atoms with Crippen molar-refractivity contribution in [1.82, 2.24) is 4.57 Å². The van der Waals surface area contributed by atoms with E-state index in [1.54, 1.807) is 24.3 Å². The molecule has 0 bridgehead atoms. The van der Waals surface area contributed by atoms with Crippen molar-refractivity contribution in [2.45, 2.75) is 27.2 Å². The minimum Gasteiger partial charge on any atom is -0.477 e. The molecule has 0 saturated carbocycles. The van der Waals surface area contributed by atoms with Gasteiger partial charge >= 0.3 is 12.1 Å². The molecule has 1 heterocycles. The zero-order valence-corrected chi connectivity index (χ0v) is 12.4. The van der Waals surface area contributed by atoms with Crippen molar-refractivity contribution in [2.75, 3.05) is 6.61 Å². The molecule has 0 unspecified atom stereocenters. The van der Waals surface area contributed by atoms with Crippen LogP contribution in [0.4, 0.5) is 4.79 Å². The van der Waals surface area contributed by atoms with Gasteiger partial charge in [-0.1, -0.05) is 39.0 Å². The molecule has 21 heavy (non-hydrogen) atoms. The third-order valence-corrected chi connectivity index (χ3v) is 3.19. The third kappa shape index (κ3) is 3.42. The maximum absolute atomic E-state index is 12.2. The van der Waals surface area contributed by atoms with Crippen LogP contribution in [0.1, 0.15) is 37.7 Å². The second-order valence-corrected chi connectivity index (χ2v) is 6.15. The third-order valence-electron chi connectivity index (χ3n) is 3.19. The number of carboxylic acid groups (broad SMARTS) is 1. The van der Waals surface area contributed by atoms with Crippen LogP contribution in [0.25, 0.3) is 10.9 Å². The maximum Gasteiger partial charge on any atom is 0.419 e. The summed E-state index contributed by atoms with van der Waals surface area (Å²) in [7, 11) is 0. The van der Waals surface area contributed by atoms with E-state index < -0.39 is 12.1 Å². The Hall–Kier alpha value is -2.30. The largest absolute Gasteiger partial charge is 0.477 e. The van der Waals surface area contributed by atoms with Crippen LogP contribution in [0.5, 0.6) is 0 Å². The molecule has 5 heteroatoms. The fourth-order valence-electron chi connectivity index (χ4n) is 2.02. The van der Waals surface area contributed by atoms with Gasteiger partial charge in [0.25, 0.3) is 0 Å². The molecular weight excluding hydrogens is 270 g/mol. The van der Waals surface area contributed by atoms with Crippen molar-refractivity contribution in [2.24, 2.45) is 5.41 Å². The Kier molecular flexibility index (Phi) is 4.02. The molecule has 1 aromatic heterocycles. The predicted octanol–water partition coefficient (Wildman–Crippen LogP) is 3.76. The van der Waals surface area contributed by atoms with Gasteiger partial charge in [0.05, 0.1) is 12.1 Å². The fourth-order valence-corrected chi connectivity index (χ4v) is 2.02. The first-order valence-electron chi connectivity index (χ1n) is 6.80. The highest BCUT2D eigenvalue weighted by molar-refractivity contribution is 6.00.